The molecule has 0 aliphatic carbocycles. The SMILES string of the molecule is CCOC(C)N1CC(c2ccccc2)C1=O. The molecular formula is C13H17NO2. The second-order valence-electron chi connectivity index (χ2n) is 4.01. The van der Waals surface area contributed by atoms with Gasteiger partial charge in [-0.3, -0.25) is 4.79 Å². The summed E-state index contributed by atoms with van der Waals surface area (Å²) in [5.41, 5.74) is 1.10. The summed E-state index contributed by atoms with van der Waals surface area (Å²) in [6, 6.07) is 9.91. The number of carbonyl (C=O) groups excluding carboxylic acids is 1. The normalized spacial score (nSPS) is 21.8. The number of nitrogens with zero attached hydrogens (tertiary/aromatic N) is 1. The van der Waals surface area contributed by atoms with E-state index in [2.05, 4.69) is 0 Å². The summed E-state index contributed by atoms with van der Waals surface area (Å²) >= 11 is 0. The average molecular weight is 219 g/mol. The Balaban J connectivity index is 1.98. The molecule has 0 spiro atoms. The smallest absolute Gasteiger partial charge is 0.233 e. The molecule has 0 radical (unpaired) electrons. The fraction of sp³-hybridized carbons (Fsp3) is 0.462. The van der Waals surface area contributed by atoms with Crippen LogP contribution >= 0.6 is 0 Å². The molecular weight excluding hydrogens is 202 g/mol. The van der Waals surface area contributed by atoms with Crippen molar-refractivity contribution in [2.45, 2.75) is 26.0 Å². The molecule has 16 heavy (non-hydrogen) atoms. The summed E-state index contributed by atoms with van der Waals surface area (Å²) in [5, 5.41) is 0. The van der Waals surface area contributed by atoms with Crippen LogP contribution in [-0.4, -0.2) is 30.2 Å². The Bertz CT molecular complexity index is 363. The van der Waals surface area contributed by atoms with Gasteiger partial charge in [-0.1, -0.05) is 30.3 Å². The van der Waals surface area contributed by atoms with Gasteiger partial charge in [0.15, 0.2) is 0 Å². The van der Waals surface area contributed by atoms with Crippen LogP contribution in [0.25, 0.3) is 0 Å². The molecule has 1 aliphatic heterocycles. The molecule has 2 rings (SSSR count). The predicted molar refractivity (Wildman–Crippen MR) is 62.0 cm³/mol. The highest BCUT2D eigenvalue weighted by Gasteiger charge is 2.40. The second-order valence-corrected chi connectivity index (χ2v) is 4.01. The monoisotopic (exact) mass is 219 g/mol. The van der Waals surface area contributed by atoms with E-state index in [9.17, 15) is 4.79 Å². The Labute approximate surface area is 96.0 Å². The molecule has 0 aromatic heterocycles. The molecule has 86 valence electrons. The van der Waals surface area contributed by atoms with E-state index >= 15 is 0 Å². The lowest BCUT2D eigenvalue weighted by Crippen LogP contribution is -2.55. The van der Waals surface area contributed by atoms with Crippen molar-refractivity contribution in [3.8, 4) is 0 Å². The molecule has 2 unspecified atom stereocenters. The van der Waals surface area contributed by atoms with Crippen LogP contribution in [-0.2, 0) is 9.53 Å². The van der Waals surface area contributed by atoms with Crippen molar-refractivity contribution in [3.63, 3.8) is 0 Å². The minimum absolute atomic E-state index is 0.0316. The van der Waals surface area contributed by atoms with E-state index in [-0.39, 0.29) is 18.1 Å². The van der Waals surface area contributed by atoms with Gasteiger partial charge in [0.1, 0.15) is 6.23 Å². The molecule has 1 aromatic carbocycles. The maximum atomic E-state index is 11.9. The first kappa shape index (κ1) is 11.1. The Morgan fingerprint density at radius 2 is 2.12 bits per heavy atom. The van der Waals surface area contributed by atoms with Crippen LogP contribution in [0.15, 0.2) is 30.3 Å². The predicted octanol–water partition coefficient (Wildman–Crippen LogP) is 1.99. The fourth-order valence-corrected chi connectivity index (χ4v) is 2.04. The Kier molecular flexibility index (Phi) is 3.25. The van der Waals surface area contributed by atoms with Gasteiger partial charge in [-0.05, 0) is 19.4 Å². The summed E-state index contributed by atoms with van der Waals surface area (Å²) in [6.07, 6.45) is -0.0996. The van der Waals surface area contributed by atoms with E-state index < -0.39 is 0 Å². The maximum absolute atomic E-state index is 11.9. The molecule has 3 nitrogen and oxygen atoms in total. The van der Waals surface area contributed by atoms with Crippen LogP contribution in [0.2, 0.25) is 0 Å². The summed E-state index contributed by atoms with van der Waals surface area (Å²) in [4.78, 5) is 13.7. The molecule has 2 atom stereocenters. The molecule has 1 fully saturated rings. The lowest BCUT2D eigenvalue weighted by Gasteiger charge is -2.42. The van der Waals surface area contributed by atoms with Crippen molar-refractivity contribution < 1.29 is 9.53 Å². The number of β-lactam (4-membered cyclic amide) rings is 1. The minimum Gasteiger partial charge on any atom is -0.359 e. The lowest BCUT2D eigenvalue weighted by molar-refractivity contribution is -0.160. The van der Waals surface area contributed by atoms with Gasteiger partial charge in [-0.15, -0.1) is 0 Å². The molecule has 0 saturated carbocycles. The topological polar surface area (TPSA) is 29.5 Å². The molecule has 1 aromatic rings. The van der Waals surface area contributed by atoms with Gasteiger partial charge in [0.05, 0.1) is 5.92 Å². The lowest BCUT2D eigenvalue weighted by atomic mass is 9.90. The second kappa shape index (κ2) is 4.66. The molecule has 0 N–H and O–H groups in total. The van der Waals surface area contributed by atoms with Gasteiger partial charge in [0.2, 0.25) is 5.91 Å². The van der Waals surface area contributed by atoms with Gasteiger partial charge in [0, 0.05) is 13.2 Å². The zero-order chi connectivity index (χ0) is 11.5. The van der Waals surface area contributed by atoms with Gasteiger partial charge in [-0.2, -0.15) is 0 Å². The Morgan fingerprint density at radius 1 is 1.44 bits per heavy atom. The number of ether oxygens (including phenoxy) is 1. The summed E-state index contributed by atoms with van der Waals surface area (Å²) in [5.74, 6) is 0.205. The van der Waals surface area contributed by atoms with Crippen LogP contribution in [0.1, 0.15) is 25.3 Å². The quantitative estimate of drug-likeness (QED) is 0.725. The zero-order valence-electron chi connectivity index (χ0n) is 9.72. The largest absolute Gasteiger partial charge is 0.359 e. The Hall–Kier alpha value is -1.35. The summed E-state index contributed by atoms with van der Waals surface area (Å²) in [6.45, 7) is 5.27. The van der Waals surface area contributed by atoms with E-state index in [0.29, 0.717) is 6.61 Å². The fourth-order valence-electron chi connectivity index (χ4n) is 2.04. The van der Waals surface area contributed by atoms with Crippen molar-refractivity contribution >= 4 is 5.91 Å². The van der Waals surface area contributed by atoms with Crippen LogP contribution in [0.5, 0.6) is 0 Å². The molecule has 1 heterocycles. The van der Waals surface area contributed by atoms with Crippen molar-refractivity contribution in [2.75, 3.05) is 13.2 Å². The third-order valence-corrected chi connectivity index (χ3v) is 3.01. The third kappa shape index (κ3) is 1.95. The van der Waals surface area contributed by atoms with E-state index in [1.165, 1.54) is 0 Å². The first-order chi connectivity index (χ1) is 7.74. The van der Waals surface area contributed by atoms with E-state index in [1.54, 1.807) is 4.90 Å². The molecule has 1 aliphatic rings. The summed E-state index contributed by atoms with van der Waals surface area (Å²) in [7, 11) is 0. The third-order valence-electron chi connectivity index (χ3n) is 3.01. The zero-order valence-corrected chi connectivity index (χ0v) is 9.72. The van der Waals surface area contributed by atoms with E-state index in [4.69, 9.17) is 4.74 Å². The standard InChI is InChI=1S/C13H17NO2/c1-3-16-10(2)14-9-12(13(14)15)11-7-5-4-6-8-11/h4-8,10,12H,3,9H2,1-2H3. The molecule has 1 saturated heterocycles. The highest BCUT2D eigenvalue weighted by atomic mass is 16.5. The molecule has 1 amide bonds. The number of benzene rings is 1. The van der Waals surface area contributed by atoms with Crippen LogP contribution in [0.3, 0.4) is 0 Å². The Morgan fingerprint density at radius 3 is 2.69 bits per heavy atom. The first-order valence-electron chi connectivity index (χ1n) is 5.71. The number of hydrogen-bond acceptors (Lipinski definition) is 2. The van der Waals surface area contributed by atoms with Gasteiger partial charge < -0.3 is 9.64 Å². The first-order valence-corrected chi connectivity index (χ1v) is 5.71. The van der Waals surface area contributed by atoms with Crippen LogP contribution in [0.4, 0.5) is 0 Å². The van der Waals surface area contributed by atoms with Crippen molar-refractivity contribution in [1.82, 2.24) is 4.90 Å². The number of amides is 1. The van der Waals surface area contributed by atoms with Crippen molar-refractivity contribution in [1.29, 1.82) is 0 Å². The minimum atomic E-state index is -0.0996. The molecule has 0 bridgehead atoms. The maximum Gasteiger partial charge on any atom is 0.233 e. The van der Waals surface area contributed by atoms with Gasteiger partial charge in [0.25, 0.3) is 0 Å². The number of hydrogen-bond donors (Lipinski definition) is 0. The van der Waals surface area contributed by atoms with Crippen molar-refractivity contribution in [3.05, 3.63) is 35.9 Å². The highest BCUT2D eigenvalue weighted by molar-refractivity contribution is 5.89. The summed E-state index contributed by atoms with van der Waals surface area (Å²) < 4.78 is 5.41. The van der Waals surface area contributed by atoms with Crippen molar-refractivity contribution in [2.24, 2.45) is 0 Å². The van der Waals surface area contributed by atoms with E-state index in [1.807, 2.05) is 44.2 Å². The average Bonchev–Trinajstić information content (AvgIpc) is 2.29. The van der Waals surface area contributed by atoms with Gasteiger partial charge >= 0.3 is 0 Å². The molecule has 3 heteroatoms. The highest BCUT2D eigenvalue weighted by Crippen LogP contribution is 2.30. The number of rotatable bonds is 4. The van der Waals surface area contributed by atoms with E-state index in [0.717, 1.165) is 12.1 Å². The van der Waals surface area contributed by atoms with Crippen LogP contribution < -0.4 is 0 Å². The number of likely N-dealkylation sites (tertiary alicyclic amines) is 1. The van der Waals surface area contributed by atoms with Crippen LogP contribution in [0, 0.1) is 0 Å². The van der Waals surface area contributed by atoms with Gasteiger partial charge in [-0.25, -0.2) is 0 Å². The number of carbonyl (C=O) groups is 1.